The predicted octanol–water partition coefficient (Wildman–Crippen LogP) is 11.2. The normalized spacial score (nSPS) is 15.3. The minimum atomic E-state index is 0.0676. The second-order valence-corrected chi connectivity index (χ2v) is 9.93. The van der Waals surface area contributed by atoms with Crippen molar-refractivity contribution in [2.24, 2.45) is 0 Å². The van der Waals surface area contributed by atoms with Gasteiger partial charge in [-0.1, -0.05) is 129 Å². The lowest BCUT2D eigenvalue weighted by molar-refractivity contribution is 0.696. The van der Waals surface area contributed by atoms with Crippen molar-refractivity contribution in [3.8, 4) is 12.3 Å². The van der Waals surface area contributed by atoms with Gasteiger partial charge in [0.05, 0.1) is 6.04 Å². The van der Waals surface area contributed by atoms with Crippen molar-refractivity contribution < 1.29 is 0 Å². The molecule has 1 nitrogen and oxygen atoms in total. The average molecular weight is 556 g/mol. The third-order valence-corrected chi connectivity index (χ3v) is 6.68. The summed E-state index contributed by atoms with van der Waals surface area (Å²) in [5.41, 5.74) is 5.23. The first kappa shape index (κ1) is 36.8. The monoisotopic (exact) mass is 555 g/mol. The molecule has 216 valence electrons. The van der Waals surface area contributed by atoms with Crippen molar-refractivity contribution >= 4 is 12.6 Å². The van der Waals surface area contributed by atoms with E-state index in [1.165, 1.54) is 22.4 Å². The molecule has 0 aliphatic rings. The summed E-state index contributed by atoms with van der Waals surface area (Å²) in [5, 5.41) is 3.85. The van der Waals surface area contributed by atoms with Crippen LogP contribution in [0.2, 0.25) is 0 Å². The molecule has 0 rings (SSSR count). The van der Waals surface area contributed by atoms with Crippen molar-refractivity contribution in [3.05, 3.63) is 131 Å². The summed E-state index contributed by atoms with van der Waals surface area (Å²) in [7, 11) is 0. The standard InChI is InChI=1S/C38H53NS/c1-8-14-18-21-29-36(30-23-22-28-34(26-17-11-4)27-20-16-10-3)39-37(33(7)25-19-15-9-2)32-31-35(13-6)38(40)24-12-5/h5,8-10,14-18,20-21,23,26-30,36,39-40H,1,11,13,19,22,24-25,31-32H2,2-4,6-7H3/b15-9-,16-10-,18-14-,26-17-,27-20-,29-21?,30-23+,34-28?,37-33-,38-35-. The molecule has 0 aromatic heterocycles. The minimum absolute atomic E-state index is 0.0676. The van der Waals surface area contributed by atoms with E-state index >= 15 is 0 Å². The van der Waals surface area contributed by atoms with Crippen molar-refractivity contribution in [1.82, 2.24) is 5.32 Å². The molecule has 0 saturated heterocycles. The molecule has 0 spiro atoms. The zero-order valence-electron chi connectivity index (χ0n) is 25.7. The van der Waals surface area contributed by atoms with Crippen LogP contribution in [0.15, 0.2) is 131 Å². The van der Waals surface area contributed by atoms with Gasteiger partial charge in [-0.3, -0.25) is 0 Å². The summed E-state index contributed by atoms with van der Waals surface area (Å²) >= 11 is 4.70. The average Bonchev–Trinajstić information content (AvgIpc) is 2.95. The number of hydrogen-bond donors (Lipinski definition) is 2. The smallest absolute Gasteiger partial charge is 0.0628 e. The van der Waals surface area contributed by atoms with Gasteiger partial charge in [0.15, 0.2) is 0 Å². The summed E-state index contributed by atoms with van der Waals surface area (Å²) in [6.45, 7) is 14.5. The van der Waals surface area contributed by atoms with Gasteiger partial charge in [0.2, 0.25) is 0 Å². The zero-order valence-corrected chi connectivity index (χ0v) is 26.6. The van der Waals surface area contributed by atoms with E-state index in [4.69, 9.17) is 19.1 Å². The molecule has 0 bridgehead atoms. The van der Waals surface area contributed by atoms with Gasteiger partial charge >= 0.3 is 0 Å². The van der Waals surface area contributed by atoms with Gasteiger partial charge in [0, 0.05) is 12.1 Å². The summed E-state index contributed by atoms with van der Waals surface area (Å²) in [6.07, 6.45) is 46.8. The number of terminal acetylenes is 1. The molecule has 0 aromatic rings. The highest BCUT2D eigenvalue weighted by Crippen LogP contribution is 2.24. The van der Waals surface area contributed by atoms with Gasteiger partial charge in [-0.25, -0.2) is 0 Å². The zero-order chi connectivity index (χ0) is 29.8. The second-order valence-electron chi connectivity index (χ2n) is 9.39. The lowest BCUT2D eigenvalue weighted by Gasteiger charge is -2.20. The first-order valence-corrected chi connectivity index (χ1v) is 15.1. The Balaban J connectivity index is 6.08. The molecule has 1 N–H and O–H groups in total. The van der Waals surface area contributed by atoms with Crippen molar-refractivity contribution in [2.45, 2.75) is 92.0 Å². The Labute approximate surface area is 252 Å². The van der Waals surface area contributed by atoms with Crippen LogP contribution in [0.3, 0.4) is 0 Å². The van der Waals surface area contributed by atoms with Gasteiger partial charge in [0.1, 0.15) is 0 Å². The molecule has 0 aliphatic carbocycles. The summed E-state index contributed by atoms with van der Waals surface area (Å²) in [6, 6.07) is 0.0676. The van der Waals surface area contributed by atoms with Gasteiger partial charge < -0.3 is 5.32 Å². The molecule has 0 fully saturated rings. The molecule has 0 radical (unpaired) electrons. The highest BCUT2D eigenvalue weighted by Gasteiger charge is 2.10. The molecular formula is C38H53NS. The van der Waals surface area contributed by atoms with Crippen LogP contribution in [0.4, 0.5) is 0 Å². The fraction of sp³-hybridized carbons (Fsp3) is 0.368. The topological polar surface area (TPSA) is 12.0 Å². The fourth-order valence-corrected chi connectivity index (χ4v) is 4.25. The van der Waals surface area contributed by atoms with Crippen molar-refractivity contribution in [2.75, 3.05) is 0 Å². The molecule has 0 saturated carbocycles. The molecular weight excluding hydrogens is 502 g/mol. The van der Waals surface area contributed by atoms with Crippen LogP contribution < -0.4 is 5.32 Å². The molecule has 0 amide bonds. The molecule has 1 unspecified atom stereocenters. The van der Waals surface area contributed by atoms with E-state index in [1.54, 1.807) is 6.08 Å². The third-order valence-electron chi connectivity index (χ3n) is 6.21. The van der Waals surface area contributed by atoms with Gasteiger partial charge in [-0.15, -0.1) is 25.0 Å². The van der Waals surface area contributed by atoms with Crippen LogP contribution in [-0.4, -0.2) is 6.04 Å². The number of rotatable bonds is 20. The predicted molar refractivity (Wildman–Crippen MR) is 186 cm³/mol. The maximum absolute atomic E-state index is 5.56. The van der Waals surface area contributed by atoms with Crippen LogP contribution in [0.5, 0.6) is 0 Å². The van der Waals surface area contributed by atoms with Gasteiger partial charge in [0.25, 0.3) is 0 Å². The number of thiol groups is 1. The Morgan fingerprint density at radius 1 is 0.925 bits per heavy atom. The number of nitrogens with one attached hydrogen (secondary N) is 1. The Hall–Kier alpha value is -3.15. The number of allylic oxidation sites excluding steroid dienone is 19. The van der Waals surface area contributed by atoms with E-state index in [-0.39, 0.29) is 6.04 Å². The van der Waals surface area contributed by atoms with Gasteiger partial charge in [-0.05, 0) is 76.2 Å². The van der Waals surface area contributed by atoms with E-state index in [0.717, 1.165) is 49.9 Å². The first-order chi connectivity index (χ1) is 19.5. The van der Waals surface area contributed by atoms with Crippen LogP contribution in [0.25, 0.3) is 0 Å². The quantitative estimate of drug-likeness (QED) is 0.0659. The third kappa shape index (κ3) is 19.0. The largest absolute Gasteiger partial charge is 0.379 e. The van der Waals surface area contributed by atoms with Crippen molar-refractivity contribution in [1.29, 1.82) is 0 Å². The van der Waals surface area contributed by atoms with Crippen LogP contribution in [0, 0.1) is 12.3 Å². The summed E-state index contributed by atoms with van der Waals surface area (Å²) in [4.78, 5) is 1.03. The lowest BCUT2D eigenvalue weighted by Crippen LogP contribution is -2.26. The maximum Gasteiger partial charge on any atom is 0.0628 e. The van der Waals surface area contributed by atoms with Crippen LogP contribution >= 0.6 is 12.6 Å². The second kappa shape index (κ2) is 26.1. The molecule has 0 aliphatic heterocycles. The first-order valence-electron chi connectivity index (χ1n) is 14.6. The van der Waals surface area contributed by atoms with E-state index in [9.17, 15) is 0 Å². The fourth-order valence-electron chi connectivity index (χ4n) is 3.89. The SMILES string of the molecule is C#CC/C(S)=C(\CC)CC/C(NC(C=C/C=C\C=C)/C=C/CC=C(/C=C\C=C/C)/C=C\CC)=C(\C)CC/C=C\C. The summed E-state index contributed by atoms with van der Waals surface area (Å²) in [5.74, 6) is 2.74. The molecule has 0 heterocycles. The minimum Gasteiger partial charge on any atom is -0.379 e. The number of hydrogen-bond acceptors (Lipinski definition) is 2. The van der Waals surface area contributed by atoms with E-state index in [0.29, 0.717) is 6.42 Å². The highest BCUT2D eigenvalue weighted by molar-refractivity contribution is 7.84. The summed E-state index contributed by atoms with van der Waals surface area (Å²) < 4.78 is 0. The van der Waals surface area contributed by atoms with E-state index < -0.39 is 0 Å². The van der Waals surface area contributed by atoms with Gasteiger partial charge in [-0.2, -0.15) is 0 Å². The van der Waals surface area contributed by atoms with Crippen LogP contribution in [0.1, 0.15) is 86.0 Å². The molecule has 0 aromatic carbocycles. The van der Waals surface area contributed by atoms with E-state index in [1.807, 2.05) is 25.2 Å². The Morgan fingerprint density at radius 3 is 2.38 bits per heavy atom. The Morgan fingerprint density at radius 2 is 1.73 bits per heavy atom. The van der Waals surface area contributed by atoms with E-state index in [2.05, 4.69) is 118 Å². The molecule has 1 atom stereocenters. The van der Waals surface area contributed by atoms with Crippen molar-refractivity contribution in [3.63, 3.8) is 0 Å². The molecule has 2 heteroatoms. The Kier molecular flexibility index (Phi) is 24.0. The lowest BCUT2D eigenvalue weighted by atomic mass is 10.00. The Bertz CT molecular complexity index is 1060. The maximum atomic E-state index is 5.56. The molecule has 40 heavy (non-hydrogen) atoms. The van der Waals surface area contributed by atoms with Crippen LogP contribution in [-0.2, 0) is 0 Å². The highest BCUT2D eigenvalue weighted by atomic mass is 32.1.